The van der Waals surface area contributed by atoms with Gasteiger partial charge in [-0.25, -0.2) is 4.57 Å². The molecular weight excluding hydrogens is 746 g/mol. The van der Waals surface area contributed by atoms with E-state index < -0.39 is 13.9 Å². The summed E-state index contributed by atoms with van der Waals surface area (Å²) < 4.78 is 33.5. The second-order valence-electron chi connectivity index (χ2n) is 15.3. The van der Waals surface area contributed by atoms with Gasteiger partial charge in [-0.3, -0.25) is 13.8 Å². The van der Waals surface area contributed by atoms with Gasteiger partial charge in [0.05, 0.1) is 19.8 Å². The summed E-state index contributed by atoms with van der Waals surface area (Å²) in [6.07, 6.45) is 57.7. The van der Waals surface area contributed by atoms with E-state index in [1.165, 1.54) is 89.9 Å². The molecule has 0 aliphatic carbocycles. The van der Waals surface area contributed by atoms with Crippen molar-refractivity contribution in [1.82, 2.24) is 0 Å². The average Bonchev–Trinajstić information content (AvgIpc) is 3.21. The van der Waals surface area contributed by atoms with E-state index in [9.17, 15) is 14.3 Å². The maximum Gasteiger partial charge on any atom is 0.472 e. The van der Waals surface area contributed by atoms with Gasteiger partial charge in [0.15, 0.2) is 0 Å². The van der Waals surface area contributed by atoms with Gasteiger partial charge in [-0.15, -0.1) is 0 Å². The Kier molecular flexibility index (Phi) is 44.4. The van der Waals surface area contributed by atoms with Crippen LogP contribution in [0.2, 0.25) is 0 Å². The van der Waals surface area contributed by atoms with Gasteiger partial charge in [-0.1, -0.05) is 170 Å². The number of carbonyl (C=O) groups is 1. The molecule has 336 valence electrons. The fourth-order valence-corrected chi connectivity index (χ4v) is 6.89. The van der Waals surface area contributed by atoms with Crippen molar-refractivity contribution in [2.75, 3.05) is 33.0 Å². The van der Waals surface area contributed by atoms with E-state index in [1.54, 1.807) is 0 Å². The quantitative estimate of drug-likeness (QED) is 0.0270. The van der Waals surface area contributed by atoms with E-state index in [1.807, 2.05) is 0 Å². The molecule has 0 spiro atoms. The van der Waals surface area contributed by atoms with Crippen molar-refractivity contribution >= 4 is 13.8 Å². The van der Waals surface area contributed by atoms with E-state index in [0.29, 0.717) is 13.0 Å². The third kappa shape index (κ3) is 45.0. The number of hydrogen-bond acceptors (Lipinski definition) is 7. The van der Waals surface area contributed by atoms with Gasteiger partial charge in [-0.05, 0) is 89.9 Å². The molecule has 8 nitrogen and oxygen atoms in total. The van der Waals surface area contributed by atoms with Gasteiger partial charge in [-0.2, -0.15) is 0 Å². The van der Waals surface area contributed by atoms with Crippen molar-refractivity contribution in [3.63, 3.8) is 0 Å². The Labute approximate surface area is 356 Å². The van der Waals surface area contributed by atoms with E-state index >= 15 is 0 Å². The molecular formula is C49H88NO7P. The molecule has 3 N–H and O–H groups in total. The van der Waals surface area contributed by atoms with Gasteiger partial charge < -0.3 is 20.1 Å². The van der Waals surface area contributed by atoms with Crippen molar-refractivity contribution in [2.24, 2.45) is 5.73 Å². The van der Waals surface area contributed by atoms with E-state index in [2.05, 4.69) is 86.8 Å². The van der Waals surface area contributed by atoms with Gasteiger partial charge >= 0.3 is 13.8 Å². The highest BCUT2D eigenvalue weighted by Gasteiger charge is 2.25. The molecule has 2 atom stereocenters. The number of phosphoric acid groups is 1. The Balaban J connectivity index is 4.06. The Morgan fingerprint density at radius 3 is 1.36 bits per heavy atom. The van der Waals surface area contributed by atoms with Crippen LogP contribution in [0.5, 0.6) is 0 Å². The van der Waals surface area contributed by atoms with Crippen LogP contribution in [0.25, 0.3) is 0 Å². The first-order valence-corrected chi connectivity index (χ1v) is 24.9. The lowest BCUT2D eigenvalue weighted by Gasteiger charge is -2.20. The maximum atomic E-state index is 12.6. The standard InChI is InChI=1S/C49H88NO7P/c1-3-5-7-9-11-13-15-17-19-21-23-25-27-29-31-33-35-37-39-41-44-54-46-48(47-56-58(52,53)55-45-43-50)57-49(51)42-40-38-36-34-32-30-28-26-24-22-20-18-16-14-12-10-8-6-4-2/h11-14,17-20,23-26,48H,3-10,15-16,21-22,27-47,50H2,1-2H3,(H,52,53)/b13-11-,14-12-,19-17-,20-18-,25-23-,26-24-. The maximum absolute atomic E-state index is 12.6. The smallest absolute Gasteiger partial charge is 0.457 e. The number of allylic oxidation sites excluding steroid dienone is 12. The average molecular weight is 834 g/mol. The first-order chi connectivity index (χ1) is 28.4. The van der Waals surface area contributed by atoms with Gasteiger partial charge in [0.2, 0.25) is 0 Å². The molecule has 2 unspecified atom stereocenters. The van der Waals surface area contributed by atoms with Crippen LogP contribution in [-0.4, -0.2) is 49.9 Å². The minimum absolute atomic E-state index is 0.0926. The topological polar surface area (TPSA) is 117 Å². The van der Waals surface area contributed by atoms with Crippen LogP contribution < -0.4 is 5.73 Å². The second kappa shape index (κ2) is 46.0. The van der Waals surface area contributed by atoms with E-state index in [-0.39, 0.29) is 32.3 Å². The lowest BCUT2D eigenvalue weighted by molar-refractivity contribution is -0.154. The van der Waals surface area contributed by atoms with Gasteiger partial charge in [0, 0.05) is 19.6 Å². The van der Waals surface area contributed by atoms with Gasteiger partial charge in [0.25, 0.3) is 0 Å². The van der Waals surface area contributed by atoms with Crippen LogP contribution in [0.4, 0.5) is 0 Å². The number of rotatable bonds is 44. The molecule has 0 fully saturated rings. The summed E-state index contributed by atoms with van der Waals surface area (Å²) in [5.74, 6) is -0.348. The lowest BCUT2D eigenvalue weighted by Crippen LogP contribution is -2.28. The summed E-state index contributed by atoms with van der Waals surface area (Å²) in [4.78, 5) is 22.5. The Morgan fingerprint density at radius 2 is 0.914 bits per heavy atom. The number of hydrogen-bond donors (Lipinski definition) is 2. The van der Waals surface area contributed by atoms with Crippen molar-refractivity contribution < 1.29 is 32.8 Å². The monoisotopic (exact) mass is 834 g/mol. The Hall–Kier alpha value is -2.06. The largest absolute Gasteiger partial charge is 0.472 e. The Bertz CT molecular complexity index is 1120. The summed E-state index contributed by atoms with van der Waals surface area (Å²) in [6.45, 7) is 4.82. The van der Waals surface area contributed by atoms with Crippen molar-refractivity contribution in [3.8, 4) is 0 Å². The molecule has 0 radical (unpaired) electrons. The lowest BCUT2D eigenvalue weighted by atomic mass is 10.1. The predicted molar refractivity (Wildman–Crippen MR) is 247 cm³/mol. The fourth-order valence-electron chi connectivity index (χ4n) is 6.13. The Morgan fingerprint density at radius 1 is 0.517 bits per heavy atom. The van der Waals surface area contributed by atoms with Crippen LogP contribution in [0.3, 0.4) is 0 Å². The SMILES string of the molecule is CCCCC/C=C\C/C=C\C/C=C\CCCCCCCCCOCC(COP(=O)(O)OCCN)OC(=O)CCCCCCCC/C=C\C/C=C\C/C=C\CCCCC. The van der Waals surface area contributed by atoms with Crippen LogP contribution in [0.15, 0.2) is 72.9 Å². The van der Waals surface area contributed by atoms with Crippen molar-refractivity contribution in [1.29, 1.82) is 0 Å². The van der Waals surface area contributed by atoms with Crippen molar-refractivity contribution in [3.05, 3.63) is 72.9 Å². The molecule has 0 aliphatic rings. The zero-order chi connectivity index (χ0) is 42.3. The number of phosphoric ester groups is 1. The highest BCUT2D eigenvalue weighted by molar-refractivity contribution is 7.47. The summed E-state index contributed by atoms with van der Waals surface area (Å²) in [5, 5.41) is 0. The fraction of sp³-hybridized carbons (Fsp3) is 0.735. The zero-order valence-electron chi connectivity index (χ0n) is 37.3. The minimum Gasteiger partial charge on any atom is -0.457 e. The molecule has 0 saturated heterocycles. The van der Waals surface area contributed by atoms with Crippen LogP contribution in [-0.2, 0) is 27.9 Å². The summed E-state index contributed by atoms with van der Waals surface area (Å²) in [7, 11) is -4.29. The normalized spacial score (nSPS) is 14.1. The number of esters is 1. The summed E-state index contributed by atoms with van der Waals surface area (Å²) in [6, 6.07) is 0. The summed E-state index contributed by atoms with van der Waals surface area (Å²) >= 11 is 0. The summed E-state index contributed by atoms with van der Waals surface area (Å²) in [5.41, 5.74) is 5.38. The molecule has 0 aromatic carbocycles. The van der Waals surface area contributed by atoms with Crippen molar-refractivity contribution in [2.45, 2.75) is 200 Å². The molecule has 0 aliphatic heterocycles. The van der Waals surface area contributed by atoms with Crippen LogP contribution in [0.1, 0.15) is 194 Å². The molecule has 0 bridgehead atoms. The molecule has 0 aromatic heterocycles. The number of ether oxygens (including phenoxy) is 2. The van der Waals surface area contributed by atoms with Crippen LogP contribution in [0, 0.1) is 0 Å². The highest BCUT2D eigenvalue weighted by Crippen LogP contribution is 2.43. The first-order valence-electron chi connectivity index (χ1n) is 23.4. The number of unbranched alkanes of at least 4 members (excludes halogenated alkanes) is 19. The molecule has 0 rings (SSSR count). The van der Waals surface area contributed by atoms with Gasteiger partial charge in [0.1, 0.15) is 6.10 Å². The van der Waals surface area contributed by atoms with E-state index in [4.69, 9.17) is 24.3 Å². The molecule has 58 heavy (non-hydrogen) atoms. The molecule has 0 amide bonds. The first kappa shape index (κ1) is 55.9. The highest BCUT2D eigenvalue weighted by atomic mass is 31.2. The zero-order valence-corrected chi connectivity index (χ0v) is 38.2. The number of carbonyl (C=O) groups excluding carboxylic acids is 1. The molecule has 0 aromatic rings. The second-order valence-corrected chi connectivity index (χ2v) is 16.7. The molecule has 9 heteroatoms. The third-order valence-electron chi connectivity index (χ3n) is 9.60. The van der Waals surface area contributed by atoms with E-state index in [0.717, 1.165) is 83.5 Å². The van der Waals surface area contributed by atoms with Crippen LogP contribution >= 0.6 is 7.82 Å². The molecule has 0 heterocycles. The minimum atomic E-state index is -4.29. The predicted octanol–water partition coefficient (Wildman–Crippen LogP) is 14.3. The number of nitrogens with two attached hydrogens (primary N) is 1. The third-order valence-corrected chi connectivity index (χ3v) is 10.6. The molecule has 0 saturated carbocycles.